The van der Waals surface area contributed by atoms with Crippen molar-refractivity contribution in [2.45, 2.75) is 32.0 Å². The topological polar surface area (TPSA) is 50.4 Å². The van der Waals surface area contributed by atoms with Crippen LogP contribution in [0.15, 0.2) is 42.5 Å². The third kappa shape index (κ3) is 4.28. The van der Waals surface area contributed by atoms with Gasteiger partial charge in [-0.15, -0.1) is 0 Å². The second-order valence-electron chi connectivity index (χ2n) is 6.29. The number of hydrogen-bond acceptors (Lipinski definition) is 2. The first-order valence-corrected chi connectivity index (χ1v) is 8.31. The van der Waals surface area contributed by atoms with Gasteiger partial charge < -0.3 is 15.4 Å². The zero-order valence-electron chi connectivity index (χ0n) is 14.2. The first-order valence-electron chi connectivity index (χ1n) is 8.31. The van der Waals surface area contributed by atoms with E-state index in [2.05, 4.69) is 10.6 Å². The summed E-state index contributed by atoms with van der Waals surface area (Å²) in [5.74, 6) is 0.885. The SMILES string of the molecule is C[C@H](Cc1ccc2c(c1)CCO2)NC(=O)Nc1ccccc1C(F)(F)F. The van der Waals surface area contributed by atoms with Crippen molar-refractivity contribution in [3.05, 3.63) is 59.2 Å². The number of carbonyl (C=O) groups is 1. The molecule has 2 aromatic carbocycles. The maximum atomic E-state index is 13.0. The fourth-order valence-corrected chi connectivity index (χ4v) is 2.99. The van der Waals surface area contributed by atoms with E-state index in [0.717, 1.165) is 29.4 Å². The van der Waals surface area contributed by atoms with E-state index in [-0.39, 0.29) is 11.7 Å². The molecule has 7 heteroatoms. The Balaban J connectivity index is 1.60. The monoisotopic (exact) mass is 364 g/mol. The molecule has 26 heavy (non-hydrogen) atoms. The quantitative estimate of drug-likeness (QED) is 0.845. The molecule has 1 aliphatic heterocycles. The van der Waals surface area contributed by atoms with Crippen LogP contribution < -0.4 is 15.4 Å². The van der Waals surface area contributed by atoms with Crippen LogP contribution in [-0.4, -0.2) is 18.7 Å². The van der Waals surface area contributed by atoms with Gasteiger partial charge >= 0.3 is 12.2 Å². The Kier molecular flexibility index (Phi) is 5.06. The van der Waals surface area contributed by atoms with Gasteiger partial charge in [0.25, 0.3) is 0 Å². The Labute approximate surface area is 149 Å². The zero-order valence-corrected chi connectivity index (χ0v) is 14.2. The lowest BCUT2D eigenvalue weighted by molar-refractivity contribution is -0.136. The standard InChI is InChI=1S/C19H19F3N2O2/c1-12(10-13-6-7-17-14(11-13)8-9-26-17)23-18(25)24-16-5-3-2-4-15(16)19(20,21)22/h2-7,11-12H,8-10H2,1H3,(H2,23,24,25)/t12-/m1/s1. The van der Waals surface area contributed by atoms with Gasteiger partial charge in [0.05, 0.1) is 17.9 Å². The highest BCUT2D eigenvalue weighted by Crippen LogP contribution is 2.34. The van der Waals surface area contributed by atoms with Crippen molar-refractivity contribution in [3.63, 3.8) is 0 Å². The molecule has 3 rings (SSSR count). The van der Waals surface area contributed by atoms with Crippen LogP contribution in [0.25, 0.3) is 0 Å². The van der Waals surface area contributed by atoms with Gasteiger partial charge in [0.2, 0.25) is 0 Å². The second kappa shape index (κ2) is 7.27. The fourth-order valence-electron chi connectivity index (χ4n) is 2.99. The van der Waals surface area contributed by atoms with Crippen molar-refractivity contribution in [1.29, 1.82) is 0 Å². The zero-order chi connectivity index (χ0) is 18.7. The van der Waals surface area contributed by atoms with Crippen molar-refractivity contribution in [1.82, 2.24) is 5.32 Å². The Hall–Kier alpha value is -2.70. The summed E-state index contributed by atoms with van der Waals surface area (Å²) in [6.07, 6.45) is -3.09. The Morgan fingerprint density at radius 3 is 2.77 bits per heavy atom. The molecule has 4 nitrogen and oxygen atoms in total. The van der Waals surface area contributed by atoms with Crippen LogP contribution in [-0.2, 0) is 19.0 Å². The molecule has 0 bridgehead atoms. The summed E-state index contributed by atoms with van der Waals surface area (Å²) in [6, 6.07) is 9.86. The van der Waals surface area contributed by atoms with E-state index in [1.54, 1.807) is 6.92 Å². The molecule has 0 unspecified atom stereocenters. The first-order chi connectivity index (χ1) is 12.3. The van der Waals surface area contributed by atoms with E-state index < -0.39 is 17.8 Å². The largest absolute Gasteiger partial charge is 0.493 e. The van der Waals surface area contributed by atoms with E-state index in [4.69, 9.17) is 4.74 Å². The molecule has 2 amide bonds. The number of rotatable bonds is 4. The second-order valence-corrected chi connectivity index (χ2v) is 6.29. The highest BCUT2D eigenvalue weighted by atomic mass is 19.4. The summed E-state index contributed by atoms with van der Waals surface area (Å²) in [4.78, 5) is 12.1. The number of urea groups is 1. The number of amides is 2. The van der Waals surface area contributed by atoms with Crippen LogP contribution in [0.2, 0.25) is 0 Å². The van der Waals surface area contributed by atoms with Crippen LogP contribution in [0.3, 0.4) is 0 Å². The average molecular weight is 364 g/mol. The smallest absolute Gasteiger partial charge is 0.418 e. The van der Waals surface area contributed by atoms with Crippen molar-refractivity contribution in [2.75, 3.05) is 11.9 Å². The Bertz CT molecular complexity index is 806. The van der Waals surface area contributed by atoms with Gasteiger partial charge in [-0.2, -0.15) is 13.2 Å². The number of hydrogen-bond donors (Lipinski definition) is 2. The van der Waals surface area contributed by atoms with Gasteiger partial charge in [0, 0.05) is 12.5 Å². The third-order valence-corrected chi connectivity index (χ3v) is 4.15. The molecule has 0 saturated heterocycles. The minimum Gasteiger partial charge on any atom is -0.493 e. The van der Waals surface area contributed by atoms with E-state index >= 15 is 0 Å². The molecular formula is C19H19F3N2O2. The average Bonchev–Trinajstić information content (AvgIpc) is 3.01. The van der Waals surface area contributed by atoms with E-state index in [0.29, 0.717) is 13.0 Å². The molecule has 1 atom stereocenters. The van der Waals surface area contributed by atoms with Crippen LogP contribution in [0.4, 0.5) is 23.7 Å². The summed E-state index contributed by atoms with van der Waals surface area (Å²) in [7, 11) is 0. The molecule has 0 fully saturated rings. The molecule has 1 aliphatic rings. The first kappa shape index (κ1) is 18.1. The predicted molar refractivity (Wildman–Crippen MR) is 92.4 cm³/mol. The molecule has 138 valence electrons. The molecule has 0 radical (unpaired) electrons. The highest BCUT2D eigenvalue weighted by Gasteiger charge is 2.33. The molecule has 0 aromatic heterocycles. The number of fused-ring (bicyclic) bond motifs is 1. The van der Waals surface area contributed by atoms with Gasteiger partial charge in [-0.25, -0.2) is 4.79 Å². The number of ether oxygens (including phenoxy) is 1. The van der Waals surface area contributed by atoms with Crippen molar-refractivity contribution < 1.29 is 22.7 Å². The lowest BCUT2D eigenvalue weighted by Gasteiger charge is -2.17. The summed E-state index contributed by atoms with van der Waals surface area (Å²) in [5, 5.41) is 4.96. The molecule has 1 heterocycles. The maximum absolute atomic E-state index is 13.0. The van der Waals surface area contributed by atoms with Gasteiger partial charge in [-0.3, -0.25) is 0 Å². The molecule has 2 aromatic rings. The minimum absolute atomic E-state index is 0.242. The number of para-hydroxylation sites is 1. The Morgan fingerprint density at radius 1 is 1.23 bits per heavy atom. The van der Waals surface area contributed by atoms with Gasteiger partial charge in [0.1, 0.15) is 5.75 Å². The van der Waals surface area contributed by atoms with Crippen LogP contribution in [0.5, 0.6) is 5.75 Å². The number of alkyl halides is 3. The number of carbonyl (C=O) groups excluding carboxylic acids is 1. The lowest BCUT2D eigenvalue weighted by atomic mass is 10.0. The molecule has 0 spiro atoms. The van der Waals surface area contributed by atoms with E-state index in [1.165, 1.54) is 18.2 Å². The third-order valence-electron chi connectivity index (χ3n) is 4.15. The number of benzene rings is 2. The van der Waals surface area contributed by atoms with Crippen LogP contribution in [0.1, 0.15) is 23.6 Å². The fraction of sp³-hybridized carbons (Fsp3) is 0.316. The molecule has 2 N–H and O–H groups in total. The predicted octanol–water partition coefficient (Wildman–Crippen LogP) is 4.39. The maximum Gasteiger partial charge on any atom is 0.418 e. The Morgan fingerprint density at radius 2 is 2.00 bits per heavy atom. The summed E-state index contributed by atoms with van der Waals surface area (Å²) in [6.45, 7) is 2.48. The van der Waals surface area contributed by atoms with Gasteiger partial charge in [0.15, 0.2) is 0 Å². The number of nitrogens with one attached hydrogen (secondary N) is 2. The van der Waals surface area contributed by atoms with E-state index in [9.17, 15) is 18.0 Å². The summed E-state index contributed by atoms with van der Waals surface area (Å²) < 4.78 is 44.4. The summed E-state index contributed by atoms with van der Waals surface area (Å²) in [5.41, 5.74) is 1.04. The minimum atomic E-state index is -4.53. The lowest BCUT2D eigenvalue weighted by Crippen LogP contribution is -2.37. The number of anilines is 1. The number of halogens is 3. The van der Waals surface area contributed by atoms with Gasteiger partial charge in [-0.1, -0.05) is 24.3 Å². The normalized spacial score (nSPS) is 14.3. The molecular weight excluding hydrogens is 345 g/mol. The van der Waals surface area contributed by atoms with Crippen LogP contribution in [0, 0.1) is 0 Å². The van der Waals surface area contributed by atoms with E-state index in [1.807, 2.05) is 18.2 Å². The van der Waals surface area contributed by atoms with Gasteiger partial charge in [-0.05, 0) is 42.7 Å². The van der Waals surface area contributed by atoms with Crippen molar-refractivity contribution in [2.24, 2.45) is 0 Å². The van der Waals surface area contributed by atoms with Crippen LogP contribution >= 0.6 is 0 Å². The van der Waals surface area contributed by atoms with Crippen molar-refractivity contribution in [3.8, 4) is 5.75 Å². The molecule has 0 saturated carbocycles. The molecule has 0 aliphatic carbocycles. The highest BCUT2D eigenvalue weighted by molar-refractivity contribution is 5.90. The summed E-state index contributed by atoms with van der Waals surface area (Å²) >= 11 is 0. The van der Waals surface area contributed by atoms with Crippen molar-refractivity contribution >= 4 is 11.7 Å².